The molecule has 13 heteroatoms. The standard InChI is InChI=1S/C25H17Cl2N5O6/c26-18-10-15(32-25(37)29-22(33)20(30-32)24(35)36)11-19(27)21(18)38-16-1-2-17-14(9-16)5-8-31(23(17)34)12-13-3-6-28-7-4-13/h1-4,6-7,9-11H,5,8,12H2,(H,35,36)(H,29,33,37). The van der Waals surface area contributed by atoms with Crippen molar-refractivity contribution in [1.82, 2.24) is 24.6 Å². The molecule has 0 aliphatic carbocycles. The van der Waals surface area contributed by atoms with Gasteiger partial charge in [-0.3, -0.25) is 19.6 Å². The maximum atomic E-state index is 13.0. The maximum absolute atomic E-state index is 13.0. The summed E-state index contributed by atoms with van der Waals surface area (Å²) < 4.78 is 6.57. The highest BCUT2D eigenvalue weighted by atomic mass is 35.5. The molecule has 0 spiro atoms. The third kappa shape index (κ3) is 4.89. The first-order chi connectivity index (χ1) is 18.2. The fourth-order valence-corrected chi connectivity index (χ4v) is 4.59. The molecule has 2 aromatic carbocycles. The summed E-state index contributed by atoms with van der Waals surface area (Å²) in [6.07, 6.45) is 4.00. The molecular weight excluding hydrogens is 537 g/mol. The van der Waals surface area contributed by atoms with Gasteiger partial charge in [0.2, 0.25) is 5.69 Å². The van der Waals surface area contributed by atoms with Crippen LogP contribution < -0.4 is 16.0 Å². The third-order valence-corrected chi connectivity index (χ3v) is 6.41. The van der Waals surface area contributed by atoms with Gasteiger partial charge < -0.3 is 14.7 Å². The average molecular weight is 554 g/mol. The highest BCUT2D eigenvalue weighted by molar-refractivity contribution is 6.37. The molecule has 0 atom stereocenters. The van der Waals surface area contributed by atoms with E-state index in [0.29, 0.717) is 35.5 Å². The number of carbonyl (C=O) groups is 2. The molecule has 0 saturated heterocycles. The van der Waals surface area contributed by atoms with E-state index >= 15 is 0 Å². The van der Waals surface area contributed by atoms with Gasteiger partial charge in [-0.1, -0.05) is 23.2 Å². The zero-order valence-electron chi connectivity index (χ0n) is 19.4. The van der Waals surface area contributed by atoms with Crippen molar-refractivity contribution < 1.29 is 19.4 Å². The Hall–Kier alpha value is -4.48. The van der Waals surface area contributed by atoms with Crippen molar-refractivity contribution >= 4 is 35.1 Å². The van der Waals surface area contributed by atoms with E-state index in [1.165, 1.54) is 12.1 Å². The number of nitrogens with one attached hydrogen (secondary N) is 1. The molecule has 5 rings (SSSR count). The zero-order valence-corrected chi connectivity index (χ0v) is 20.9. The molecule has 192 valence electrons. The molecule has 2 N–H and O–H groups in total. The molecule has 38 heavy (non-hydrogen) atoms. The van der Waals surface area contributed by atoms with E-state index in [1.54, 1.807) is 35.5 Å². The zero-order chi connectivity index (χ0) is 27.0. The van der Waals surface area contributed by atoms with Gasteiger partial charge in [-0.05, 0) is 60.0 Å². The van der Waals surface area contributed by atoms with Crippen molar-refractivity contribution in [3.8, 4) is 17.2 Å². The van der Waals surface area contributed by atoms with Crippen LogP contribution >= 0.6 is 23.2 Å². The summed E-state index contributed by atoms with van der Waals surface area (Å²) in [5.41, 5.74) is -0.597. The van der Waals surface area contributed by atoms with E-state index in [4.69, 9.17) is 33.0 Å². The molecule has 1 aliphatic heterocycles. The number of aromatic carboxylic acids is 1. The second kappa shape index (κ2) is 10.1. The van der Waals surface area contributed by atoms with Crippen LogP contribution in [0.15, 0.2) is 64.4 Å². The lowest BCUT2D eigenvalue weighted by atomic mass is 9.98. The number of fused-ring (bicyclic) bond motifs is 1. The lowest BCUT2D eigenvalue weighted by molar-refractivity contribution is 0.0683. The predicted molar refractivity (Wildman–Crippen MR) is 137 cm³/mol. The Balaban J connectivity index is 1.39. The summed E-state index contributed by atoms with van der Waals surface area (Å²) in [7, 11) is 0. The van der Waals surface area contributed by atoms with Gasteiger partial charge in [-0.15, -0.1) is 0 Å². The van der Waals surface area contributed by atoms with Gasteiger partial charge in [-0.2, -0.15) is 9.78 Å². The number of H-pyrrole nitrogens is 1. The molecule has 4 aromatic rings. The number of pyridine rings is 1. The topological polar surface area (TPSA) is 147 Å². The quantitative estimate of drug-likeness (QED) is 0.369. The number of carboxylic acid groups (broad SMARTS) is 1. The number of rotatable bonds is 6. The van der Waals surface area contributed by atoms with Crippen LogP contribution in [0.5, 0.6) is 11.5 Å². The molecule has 0 unspecified atom stereocenters. The number of carboxylic acids is 1. The first kappa shape index (κ1) is 25.2. The molecule has 1 amide bonds. The van der Waals surface area contributed by atoms with Gasteiger partial charge in [0.1, 0.15) is 5.75 Å². The Kier molecular flexibility index (Phi) is 6.70. The van der Waals surface area contributed by atoms with E-state index in [1.807, 2.05) is 17.1 Å². The predicted octanol–water partition coefficient (Wildman–Crippen LogP) is 3.31. The highest BCUT2D eigenvalue weighted by Crippen LogP contribution is 2.39. The van der Waals surface area contributed by atoms with Gasteiger partial charge >= 0.3 is 11.7 Å². The monoisotopic (exact) mass is 553 g/mol. The van der Waals surface area contributed by atoms with Crippen molar-refractivity contribution in [2.24, 2.45) is 0 Å². The van der Waals surface area contributed by atoms with E-state index in [9.17, 15) is 19.2 Å². The minimum Gasteiger partial charge on any atom is -0.476 e. The van der Waals surface area contributed by atoms with Crippen molar-refractivity contribution in [3.63, 3.8) is 0 Å². The summed E-state index contributed by atoms with van der Waals surface area (Å²) in [5, 5.41) is 12.7. The number of aromatic nitrogens is 4. The number of benzene rings is 2. The number of hydrogen-bond donors (Lipinski definition) is 2. The van der Waals surface area contributed by atoms with Gasteiger partial charge in [0.15, 0.2) is 5.75 Å². The van der Waals surface area contributed by atoms with Gasteiger partial charge in [0, 0.05) is 31.0 Å². The Morgan fingerprint density at radius 1 is 1.05 bits per heavy atom. The van der Waals surface area contributed by atoms with E-state index < -0.39 is 22.9 Å². The number of amides is 1. The molecule has 0 fully saturated rings. The molecule has 11 nitrogen and oxygen atoms in total. The number of halogens is 2. The van der Waals surface area contributed by atoms with Crippen LogP contribution in [0, 0.1) is 0 Å². The molecule has 0 saturated carbocycles. The third-order valence-electron chi connectivity index (χ3n) is 5.85. The summed E-state index contributed by atoms with van der Waals surface area (Å²) in [6.45, 7) is 1.02. The Morgan fingerprint density at radius 3 is 2.45 bits per heavy atom. The maximum Gasteiger partial charge on any atom is 0.362 e. The van der Waals surface area contributed by atoms with Crippen LogP contribution in [-0.2, 0) is 13.0 Å². The summed E-state index contributed by atoms with van der Waals surface area (Å²) in [4.78, 5) is 55.8. The van der Waals surface area contributed by atoms with Crippen molar-refractivity contribution in [2.45, 2.75) is 13.0 Å². The number of nitrogens with zero attached hydrogens (tertiary/aromatic N) is 4. The summed E-state index contributed by atoms with van der Waals surface area (Å²) in [5.74, 6) is -1.23. The Labute approximate surface area is 223 Å². The number of hydrogen-bond acceptors (Lipinski definition) is 7. The van der Waals surface area contributed by atoms with E-state index in [0.717, 1.165) is 11.1 Å². The van der Waals surface area contributed by atoms with Crippen LogP contribution in [0.3, 0.4) is 0 Å². The average Bonchev–Trinajstić information content (AvgIpc) is 2.88. The first-order valence-electron chi connectivity index (χ1n) is 11.2. The van der Waals surface area contributed by atoms with Gasteiger partial charge in [0.05, 0.1) is 15.7 Å². The van der Waals surface area contributed by atoms with Crippen LogP contribution in [0.4, 0.5) is 0 Å². The fraction of sp³-hybridized carbons (Fsp3) is 0.120. The van der Waals surface area contributed by atoms with Crippen LogP contribution in [0.1, 0.15) is 32.0 Å². The summed E-state index contributed by atoms with van der Waals surface area (Å²) >= 11 is 12.8. The second-order valence-electron chi connectivity index (χ2n) is 8.32. The number of ether oxygens (including phenoxy) is 1. The van der Waals surface area contributed by atoms with Crippen LogP contribution in [-0.4, -0.2) is 48.2 Å². The minimum absolute atomic E-state index is 0.00148. The fourth-order valence-electron chi connectivity index (χ4n) is 4.03. The smallest absolute Gasteiger partial charge is 0.362 e. The first-order valence-corrected chi connectivity index (χ1v) is 11.9. The van der Waals surface area contributed by atoms with Crippen molar-refractivity contribution in [3.05, 3.63) is 108 Å². The molecule has 3 heterocycles. The molecule has 0 radical (unpaired) electrons. The minimum atomic E-state index is -1.61. The second-order valence-corrected chi connectivity index (χ2v) is 9.13. The van der Waals surface area contributed by atoms with Crippen molar-refractivity contribution in [2.75, 3.05) is 6.54 Å². The van der Waals surface area contributed by atoms with Crippen LogP contribution in [0.2, 0.25) is 10.0 Å². The SMILES string of the molecule is O=C(O)c1nn(-c2cc(Cl)c(Oc3ccc4c(c3)CCN(Cc3ccncc3)C4=O)c(Cl)c2)c(=O)[nH]c1=O. The normalized spacial score (nSPS) is 12.8. The molecule has 0 bridgehead atoms. The van der Waals surface area contributed by atoms with Crippen molar-refractivity contribution in [1.29, 1.82) is 0 Å². The Morgan fingerprint density at radius 2 is 1.76 bits per heavy atom. The summed E-state index contributed by atoms with van der Waals surface area (Å²) in [6, 6.07) is 11.4. The molecular formula is C25H17Cl2N5O6. The number of carbonyl (C=O) groups excluding carboxylic acids is 1. The lowest BCUT2D eigenvalue weighted by Gasteiger charge is -2.29. The van der Waals surface area contributed by atoms with Gasteiger partial charge in [0.25, 0.3) is 11.5 Å². The van der Waals surface area contributed by atoms with Crippen LogP contribution in [0.25, 0.3) is 5.69 Å². The Bertz CT molecular complexity index is 1680. The highest BCUT2D eigenvalue weighted by Gasteiger charge is 2.25. The van der Waals surface area contributed by atoms with E-state index in [2.05, 4.69) is 10.1 Å². The van der Waals surface area contributed by atoms with E-state index in [-0.39, 0.29) is 27.4 Å². The van der Waals surface area contributed by atoms with Gasteiger partial charge in [-0.25, -0.2) is 9.59 Å². The largest absolute Gasteiger partial charge is 0.476 e. The molecule has 1 aliphatic rings. The lowest BCUT2D eigenvalue weighted by Crippen LogP contribution is -2.37. The number of aromatic amines is 1. The molecule has 2 aromatic heterocycles.